The van der Waals surface area contributed by atoms with E-state index in [0.717, 1.165) is 36.2 Å². The third-order valence-electron chi connectivity index (χ3n) is 3.54. The van der Waals surface area contributed by atoms with E-state index in [4.69, 9.17) is 5.11 Å². The maximum absolute atomic E-state index is 11.0. The molecule has 2 aromatic rings. The molecular formula is C14H16N2O2S. The van der Waals surface area contributed by atoms with E-state index in [9.17, 15) is 4.79 Å². The van der Waals surface area contributed by atoms with Crippen LogP contribution in [0.4, 0.5) is 0 Å². The van der Waals surface area contributed by atoms with Crippen LogP contribution < -0.4 is 5.32 Å². The maximum Gasteiger partial charge on any atom is 0.320 e. The zero-order valence-electron chi connectivity index (χ0n) is 10.5. The first-order chi connectivity index (χ1) is 9.22. The molecule has 1 aliphatic heterocycles. The molecule has 3 rings (SSSR count). The van der Waals surface area contributed by atoms with Crippen LogP contribution in [0.25, 0.3) is 10.2 Å². The fourth-order valence-electron chi connectivity index (χ4n) is 2.59. The van der Waals surface area contributed by atoms with Gasteiger partial charge in [-0.25, -0.2) is 4.98 Å². The minimum absolute atomic E-state index is 0.232. The number of nitrogens with zero attached hydrogens (tertiary/aromatic N) is 1. The molecule has 0 amide bonds. The SMILES string of the molecule is O=C(O)C1CCCC(Cc2nc3ccccc3s2)N1. The molecule has 2 N–H and O–H groups in total. The number of carbonyl (C=O) groups is 1. The highest BCUT2D eigenvalue weighted by Gasteiger charge is 2.26. The van der Waals surface area contributed by atoms with E-state index in [-0.39, 0.29) is 6.04 Å². The second kappa shape index (κ2) is 5.27. The second-order valence-electron chi connectivity index (χ2n) is 4.96. The first-order valence-electron chi connectivity index (χ1n) is 6.55. The molecular weight excluding hydrogens is 260 g/mol. The standard InChI is InChI=1S/C14H16N2O2S/c17-14(18)11-6-3-4-9(15-11)8-13-16-10-5-1-2-7-12(10)19-13/h1-2,5,7,9,11,15H,3-4,6,8H2,(H,17,18). The number of aliphatic carboxylic acids is 1. The number of aromatic nitrogens is 1. The number of para-hydroxylation sites is 1. The van der Waals surface area contributed by atoms with Crippen molar-refractivity contribution in [2.75, 3.05) is 0 Å². The van der Waals surface area contributed by atoms with Crippen LogP contribution in [0.3, 0.4) is 0 Å². The van der Waals surface area contributed by atoms with E-state index in [1.54, 1.807) is 11.3 Å². The number of fused-ring (bicyclic) bond motifs is 1. The summed E-state index contributed by atoms with van der Waals surface area (Å²) in [4.78, 5) is 15.6. The lowest BCUT2D eigenvalue weighted by Gasteiger charge is -2.27. The van der Waals surface area contributed by atoms with Gasteiger partial charge in [-0.3, -0.25) is 4.79 Å². The van der Waals surface area contributed by atoms with Gasteiger partial charge in [-0.2, -0.15) is 0 Å². The molecule has 2 atom stereocenters. The molecule has 0 saturated carbocycles. The first kappa shape index (κ1) is 12.6. The molecule has 0 aliphatic carbocycles. The average molecular weight is 276 g/mol. The average Bonchev–Trinajstić information content (AvgIpc) is 2.81. The van der Waals surface area contributed by atoms with Gasteiger partial charge in [-0.15, -0.1) is 11.3 Å². The first-order valence-corrected chi connectivity index (χ1v) is 7.37. The van der Waals surface area contributed by atoms with E-state index in [1.165, 1.54) is 4.70 Å². The van der Waals surface area contributed by atoms with Gasteiger partial charge in [0.1, 0.15) is 6.04 Å². The lowest BCUT2D eigenvalue weighted by Crippen LogP contribution is -2.47. The number of benzene rings is 1. The molecule has 19 heavy (non-hydrogen) atoms. The number of hydrogen-bond acceptors (Lipinski definition) is 4. The van der Waals surface area contributed by atoms with Crippen LogP contribution in [0.15, 0.2) is 24.3 Å². The van der Waals surface area contributed by atoms with Crippen molar-refractivity contribution in [2.24, 2.45) is 0 Å². The van der Waals surface area contributed by atoms with Crippen molar-refractivity contribution in [1.29, 1.82) is 0 Å². The Labute approximate surface area is 115 Å². The van der Waals surface area contributed by atoms with Gasteiger partial charge in [0.2, 0.25) is 0 Å². The van der Waals surface area contributed by atoms with Crippen LogP contribution in [0.1, 0.15) is 24.3 Å². The van der Waals surface area contributed by atoms with Crippen molar-refractivity contribution in [1.82, 2.24) is 10.3 Å². The van der Waals surface area contributed by atoms with Crippen molar-refractivity contribution >= 4 is 27.5 Å². The minimum Gasteiger partial charge on any atom is -0.480 e. The molecule has 2 unspecified atom stereocenters. The van der Waals surface area contributed by atoms with E-state index in [0.29, 0.717) is 0 Å². The Morgan fingerprint density at radius 3 is 3.05 bits per heavy atom. The zero-order chi connectivity index (χ0) is 13.2. The third kappa shape index (κ3) is 2.77. The van der Waals surface area contributed by atoms with Crippen LogP contribution in [-0.2, 0) is 11.2 Å². The van der Waals surface area contributed by atoms with Crippen molar-refractivity contribution in [2.45, 2.75) is 37.8 Å². The van der Waals surface area contributed by atoms with Crippen LogP contribution >= 0.6 is 11.3 Å². The highest BCUT2D eigenvalue weighted by molar-refractivity contribution is 7.18. The lowest BCUT2D eigenvalue weighted by molar-refractivity contribution is -0.140. The van der Waals surface area contributed by atoms with Gasteiger partial charge in [0.15, 0.2) is 0 Å². The smallest absolute Gasteiger partial charge is 0.320 e. The fraction of sp³-hybridized carbons (Fsp3) is 0.429. The summed E-state index contributed by atoms with van der Waals surface area (Å²) in [6.07, 6.45) is 3.55. The Kier molecular flexibility index (Phi) is 3.48. The van der Waals surface area contributed by atoms with E-state index < -0.39 is 12.0 Å². The molecule has 0 bridgehead atoms. The summed E-state index contributed by atoms with van der Waals surface area (Å²) in [6.45, 7) is 0. The molecule has 0 radical (unpaired) electrons. The third-order valence-corrected chi connectivity index (χ3v) is 4.60. The number of carboxylic acid groups (broad SMARTS) is 1. The minimum atomic E-state index is -0.742. The van der Waals surface area contributed by atoms with Crippen molar-refractivity contribution in [3.05, 3.63) is 29.3 Å². The maximum atomic E-state index is 11.0. The van der Waals surface area contributed by atoms with Crippen molar-refractivity contribution in [3.63, 3.8) is 0 Å². The predicted molar refractivity (Wildman–Crippen MR) is 75.5 cm³/mol. The number of thiazole rings is 1. The van der Waals surface area contributed by atoms with Gasteiger partial charge >= 0.3 is 5.97 Å². The van der Waals surface area contributed by atoms with Crippen molar-refractivity contribution in [3.8, 4) is 0 Å². The van der Waals surface area contributed by atoms with Gasteiger partial charge in [0, 0.05) is 12.5 Å². The van der Waals surface area contributed by atoms with Gasteiger partial charge in [0.05, 0.1) is 15.2 Å². The molecule has 100 valence electrons. The Morgan fingerprint density at radius 1 is 1.42 bits per heavy atom. The largest absolute Gasteiger partial charge is 0.480 e. The summed E-state index contributed by atoms with van der Waals surface area (Å²) in [5.41, 5.74) is 1.04. The Hall–Kier alpha value is -1.46. The van der Waals surface area contributed by atoms with E-state index >= 15 is 0 Å². The number of nitrogens with one attached hydrogen (secondary N) is 1. The summed E-state index contributed by atoms with van der Waals surface area (Å²) in [5, 5.41) is 13.4. The number of piperidine rings is 1. The molecule has 2 heterocycles. The Balaban J connectivity index is 1.72. The summed E-state index contributed by atoms with van der Waals surface area (Å²) in [5.74, 6) is -0.742. The molecule has 1 aromatic carbocycles. The van der Waals surface area contributed by atoms with Crippen LogP contribution in [0, 0.1) is 0 Å². The molecule has 5 heteroatoms. The summed E-state index contributed by atoms with van der Waals surface area (Å²) >= 11 is 1.70. The lowest BCUT2D eigenvalue weighted by atomic mass is 9.97. The highest BCUT2D eigenvalue weighted by atomic mass is 32.1. The topological polar surface area (TPSA) is 62.2 Å². The van der Waals surface area contributed by atoms with E-state index in [2.05, 4.69) is 16.4 Å². The van der Waals surface area contributed by atoms with Gasteiger partial charge in [0.25, 0.3) is 0 Å². The number of rotatable bonds is 3. The molecule has 1 aromatic heterocycles. The van der Waals surface area contributed by atoms with Gasteiger partial charge in [-0.05, 0) is 31.4 Å². The van der Waals surface area contributed by atoms with Crippen LogP contribution in [-0.4, -0.2) is 28.1 Å². The number of carboxylic acids is 1. The molecule has 1 aliphatic rings. The highest BCUT2D eigenvalue weighted by Crippen LogP contribution is 2.24. The number of hydrogen-bond donors (Lipinski definition) is 2. The molecule has 1 fully saturated rings. The summed E-state index contributed by atoms with van der Waals surface area (Å²) in [6, 6.07) is 7.94. The van der Waals surface area contributed by atoms with Gasteiger partial charge in [-0.1, -0.05) is 12.1 Å². The summed E-state index contributed by atoms with van der Waals surface area (Å²) < 4.78 is 1.20. The summed E-state index contributed by atoms with van der Waals surface area (Å²) in [7, 11) is 0. The van der Waals surface area contributed by atoms with Crippen LogP contribution in [0.5, 0.6) is 0 Å². The fourth-order valence-corrected chi connectivity index (χ4v) is 3.64. The van der Waals surface area contributed by atoms with Crippen molar-refractivity contribution < 1.29 is 9.90 Å². The zero-order valence-corrected chi connectivity index (χ0v) is 11.3. The van der Waals surface area contributed by atoms with Gasteiger partial charge < -0.3 is 10.4 Å². The van der Waals surface area contributed by atoms with Crippen LogP contribution in [0.2, 0.25) is 0 Å². The molecule has 4 nitrogen and oxygen atoms in total. The predicted octanol–water partition coefficient (Wildman–Crippen LogP) is 2.43. The van der Waals surface area contributed by atoms with E-state index in [1.807, 2.05) is 18.2 Å². The quantitative estimate of drug-likeness (QED) is 0.904. The molecule has 0 spiro atoms. The normalized spacial score (nSPS) is 23.6. The molecule has 1 saturated heterocycles. The second-order valence-corrected chi connectivity index (χ2v) is 6.08. The Morgan fingerprint density at radius 2 is 2.26 bits per heavy atom. The monoisotopic (exact) mass is 276 g/mol. The Bertz CT molecular complexity index is 563.